The first kappa shape index (κ1) is 15.0. The summed E-state index contributed by atoms with van der Waals surface area (Å²) in [6.07, 6.45) is 6.13. The molecule has 0 radical (unpaired) electrons. The summed E-state index contributed by atoms with van der Waals surface area (Å²) in [7, 11) is 0. The number of rotatable bonds is 8. The van der Waals surface area contributed by atoms with Gasteiger partial charge in [-0.25, -0.2) is 0 Å². The van der Waals surface area contributed by atoms with Crippen molar-refractivity contribution in [1.29, 1.82) is 0 Å². The molecule has 0 aliphatic heterocycles. The van der Waals surface area contributed by atoms with Crippen LogP contribution in [0.5, 0.6) is 0 Å². The first-order chi connectivity index (χ1) is 9.65. The fourth-order valence-electron chi connectivity index (χ4n) is 2.38. The Morgan fingerprint density at radius 2 is 2.00 bits per heavy atom. The Bertz CT molecular complexity index is 423. The Labute approximate surface area is 121 Å². The van der Waals surface area contributed by atoms with Crippen LogP contribution in [0.15, 0.2) is 24.3 Å². The van der Waals surface area contributed by atoms with Crippen molar-refractivity contribution < 1.29 is 4.79 Å². The topological polar surface area (TPSA) is 55.1 Å². The molecule has 1 unspecified atom stereocenters. The van der Waals surface area contributed by atoms with Gasteiger partial charge in [0.1, 0.15) is 0 Å². The summed E-state index contributed by atoms with van der Waals surface area (Å²) in [5.74, 6) is 0.793. The highest BCUT2D eigenvalue weighted by Gasteiger charge is 2.28. The average Bonchev–Trinajstić information content (AvgIpc) is 3.27. The lowest BCUT2D eigenvalue weighted by atomic mass is 10.1. The van der Waals surface area contributed by atoms with E-state index in [1.807, 2.05) is 0 Å². The predicted molar refractivity (Wildman–Crippen MR) is 82.4 cm³/mol. The zero-order valence-corrected chi connectivity index (χ0v) is 12.4. The molecule has 1 saturated carbocycles. The van der Waals surface area contributed by atoms with Crippen LogP contribution in [0.2, 0.25) is 0 Å². The summed E-state index contributed by atoms with van der Waals surface area (Å²) in [6, 6.07) is 8.78. The second-order valence-electron chi connectivity index (χ2n) is 6.00. The molecule has 0 heterocycles. The third kappa shape index (κ3) is 5.33. The smallest absolute Gasteiger partial charge is 0.220 e. The Kier molecular flexibility index (Phi) is 5.60. The summed E-state index contributed by atoms with van der Waals surface area (Å²) in [5.41, 5.74) is 8.60. The molecule has 1 aliphatic carbocycles. The van der Waals surface area contributed by atoms with E-state index in [0.717, 1.165) is 19.3 Å². The van der Waals surface area contributed by atoms with Crippen molar-refractivity contribution in [1.82, 2.24) is 5.32 Å². The van der Waals surface area contributed by atoms with Gasteiger partial charge in [0.2, 0.25) is 5.91 Å². The molecular weight excluding hydrogens is 248 g/mol. The lowest BCUT2D eigenvalue weighted by Gasteiger charge is -2.11. The Hall–Kier alpha value is -1.35. The maximum absolute atomic E-state index is 11.7. The first-order valence-corrected chi connectivity index (χ1v) is 7.73. The molecule has 2 rings (SSSR count). The third-order valence-electron chi connectivity index (χ3n) is 4.00. The standard InChI is InChI=1S/C17H26N2O/c1-13-6-8-14(9-7-13)4-2-3-5-17(20)19-12-16(18)15-10-11-15/h6-9,15-16H,2-5,10-12,18H2,1H3,(H,19,20). The fraction of sp³-hybridized carbons (Fsp3) is 0.588. The van der Waals surface area contributed by atoms with E-state index in [0.29, 0.717) is 18.9 Å². The van der Waals surface area contributed by atoms with Crippen molar-refractivity contribution in [3.63, 3.8) is 0 Å². The van der Waals surface area contributed by atoms with E-state index in [1.54, 1.807) is 0 Å². The molecule has 0 spiro atoms. The van der Waals surface area contributed by atoms with E-state index in [4.69, 9.17) is 5.73 Å². The van der Waals surface area contributed by atoms with Crippen molar-refractivity contribution in [2.24, 2.45) is 11.7 Å². The number of nitrogens with one attached hydrogen (secondary N) is 1. The highest BCUT2D eigenvalue weighted by Crippen LogP contribution is 2.31. The van der Waals surface area contributed by atoms with Gasteiger partial charge in [0.25, 0.3) is 0 Å². The van der Waals surface area contributed by atoms with Gasteiger partial charge in [0.05, 0.1) is 0 Å². The molecular formula is C17H26N2O. The minimum atomic E-state index is 0.144. The molecule has 1 atom stereocenters. The molecule has 1 aromatic rings. The highest BCUT2D eigenvalue weighted by molar-refractivity contribution is 5.75. The molecule has 0 aromatic heterocycles. The zero-order chi connectivity index (χ0) is 14.4. The number of hydrogen-bond donors (Lipinski definition) is 2. The minimum absolute atomic E-state index is 0.144. The largest absolute Gasteiger partial charge is 0.355 e. The van der Waals surface area contributed by atoms with Crippen LogP contribution in [0.1, 0.15) is 43.2 Å². The van der Waals surface area contributed by atoms with Crippen LogP contribution in [-0.4, -0.2) is 18.5 Å². The molecule has 110 valence electrons. The Balaban J connectivity index is 1.53. The Morgan fingerprint density at radius 1 is 1.30 bits per heavy atom. The summed E-state index contributed by atoms with van der Waals surface area (Å²) < 4.78 is 0. The number of aryl methyl sites for hydroxylation is 2. The van der Waals surface area contributed by atoms with Crippen molar-refractivity contribution in [3.8, 4) is 0 Å². The van der Waals surface area contributed by atoms with Crippen LogP contribution in [0.4, 0.5) is 0 Å². The van der Waals surface area contributed by atoms with Crippen LogP contribution < -0.4 is 11.1 Å². The molecule has 1 amide bonds. The van der Waals surface area contributed by atoms with Gasteiger partial charge in [-0.15, -0.1) is 0 Å². The van der Waals surface area contributed by atoms with E-state index >= 15 is 0 Å². The molecule has 1 aromatic carbocycles. The number of hydrogen-bond acceptors (Lipinski definition) is 2. The van der Waals surface area contributed by atoms with Gasteiger partial charge < -0.3 is 11.1 Å². The molecule has 20 heavy (non-hydrogen) atoms. The molecule has 1 aliphatic rings. The molecule has 0 saturated heterocycles. The van der Waals surface area contributed by atoms with Gasteiger partial charge in [0.15, 0.2) is 0 Å². The molecule has 3 N–H and O–H groups in total. The second kappa shape index (κ2) is 7.44. The molecule has 0 bridgehead atoms. The maximum Gasteiger partial charge on any atom is 0.220 e. The van der Waals surface area contributed by atoms with Gasteiger partial charge in [-0.05, 0) is 50.5 Å². The van der Waals surface area contributed by atoms with Crippen LogP contribution in [-0.2, 0) is 11.2 Å². The Morgan fingerprint density at radius 3 is 2.65 bits per heavy atom. The SMILES string of the molecule is Cc1ccc(CCCCC(=O)NCC(N)C2CC2)cc1. The molecule has 3 nitrogen and oxygen atoms in total. The number of benzene rings is 1. The van der Waals surface area contributed by atoms with E-state index < -0.39 is 0 Å². The zero-order valence-electron chi connectivity index (χ0n) is 12.4. The highest BCUT2D eigenvalue weighted by atomic mass is 16.1. The van der Waals surface area contributed by atoms with Gasteiger partial charge in [-0.1, -0.05) is 29.8 Å². The normalized spacial score (nSPS) is 15.9. The van der Waals surface area contributed by atoms with Gasteiger partial charge in [-0.2, -0.15) is 0 Å². The van der Waals surface area contributed by atoms with Gasteiger partial charge in [-0.3, -0.25) is 4.79 Å². The number of amides is 1. The van der Waals surface area contributed by atoms with Gasteiger partial charge >= 0.3 is 0 Å². The summed E-state index contributed by atoms with van der Waals surface area (Å²) in [6.45, 7) is 2.74. The molecule has 3 heteroatoms. The van der Waals surface area contributed by atoms with Crippen LogP contribution in [0.3, 0.4) is 0 Å². The summed E-state index contributed by atoms with van der Waals surface area (Å²) >= 11 is 0. The van der Waals surface area contributed by atoms with Crippen molar-refractivity contribution in [3.05, 3.63) is 35.4 Å². The van der Waals surface area contributed by atoms with E-state index in [-0.39, 0.29) is 11.9 Å². The quantitative estimate of drug-likeness (QED) is 0.716. The lowest BCUT2D eigenvalue weighted by Crippen LogP contribution is -2.38. The summed E-state index contributed by atoms with van der Waals surface area (Å²) in [5, 5.41) is 2.95. The third-order valence-corrected chi connectivity index (χ3v) is 4.00. The van der Waals surface area contributed by atoms with Crippen LogP contribution >= 0.6 is 0 Å². The average molecular weight is 274 g/mol. The molecule has 1 fully saturated rings. The van der Waals surface area contributed by atoms with Crippen molar-refractivity contribution >= 4 is 5.91 Å². The predicted octanol–water partition coefficient (Wildman–Crippen LogP) is 2.56. The fourth-order valence-corrected chi connectivity index (χ4v) is 2.38. The minimum Gasteiger partial charge on any atom is -0.355 e. The summed E-state index contributed by atoms with van der Waals surface area (Å²) in [4.78, 5) is 11.7. The van der Waals surface area contributed by atoms with E-state index in [1.165, 1.54) is 24.0 Å². The monoisotopic (exact) mass is 274 g/mol. The second-order valence-corrected chi connectivity index (χ2v) is 6.00. The number of unbranched alkanes of at least 4 members (excludes halogenated alkanes) is 1. The number of carbonyl (C=O) groups excluding carboxylic acids is 1. The number of carbonyl (C=O) groups is 1. The van der Waals surface area contributed by atoms with Crippen molar-refractivity contribution in [2.75, 3.05) is 6.54 Å². The van der Waals surface area contributed by atoms with Crippen LogP contribution in [0.25, 0.3) is 0 Å². The first-order valence-electron chi connectivity index (χ1n) is 7.73. The van der Waals surface area contributed by atoms with Crippen LogP contribution in [0, 0.1) is 12.8 Å². The van der Waals surface area contributed by atoms with E-state index in [2.05, 4.69) is 36.5 Å². The number of nitrogens with two attached hydrogens (primary N) is 1. The van der Waals surface area contributed by atoms with Crippen molar-refractivity contribution in [2.45, 2.75) is 51.5 Å². The lowest BCUT2D eigenvalue weighted by molar-refractivity contribution is -0.121. The van der Waals surface area contributed by atoms with E-state index in [9.17, 15) is 4.79 Å². The maximum atomic E-state index is 11.7. The van der Waals surface area contributed by atoms with Gasteiger partial charge in [0, 0.05) is 19.0 Å².